The van der Waals surface area contributed by atoms with Crippen LogP contribution in [-0.2, 0) is 0 Å². The Morgan fingerprint density at radius 3 is 2.76 bits per heavy atom. The van der Waals surface area contributed by atoms with E-state index in [1.54, 1.807) is 6.07 Å². The maximum Gasteiger partial charge on any atom is 0.134 e. The summed E-state index contributed by atoms with van der Waals surface area (Å²) in [4.78, 5) is 0. The van der Waals surface area contributed by atoms with Gasteiger partial charge in [-0.05, 0) is 49.4 Å². The smallest absolute Gasteiger partial charge is 0.134 e. The van der Waals surface area contributed by atoms with Crippen molar-refractivity contribution in [3.05, 3.63) is 63.5 Å². The highest BCUT2D eigenvalue weighted by Crippen LogP contribution is 2.29. The number of halogens is 3. The van der Waals surface area contributed by atoms with Gasteiger partial charge in [-0.25, -0.2) is 4.39 Å². The lowest BCUT2D eigenvalue weighted by atomic mass is 10.2. The molecule has 1 N–H and O–H groups in total. The van der Waals surface area contributed by atoms with Gasteiger partial charge in [0.1, 0.15) is 17.2 Å². The zero-order valence-electron chi connectivity index (χ0n) is 11.2. The van der Waals surface area contributed by atoms with Gasteiger partial charge in [0.25, 0.3) is 0 Å². The summed E-state index contributed by atoms with van der Waals surface area (Å²) in [6.45, 7) is 1.95. The van der Waals surface area contributed by atoms with Gasteiger partial charge in [0.2, 0.25) is 0 Å². The molecule has 0 spiro atoms. The van der Waals surface area contributed by atoms with Gasteiger partial charge < -0.3 is 9.73 Å². The Bertz CT molecular complexity index is 782. The predicted molar refractivity (Wildman–Crippen MR) is 87.4 cm³/mol. The number of benzene rings is 2. The molecular formula is C16H12BrClFNO. The normalized spacial score (nSPS) is 12.6. The van der Waals surface area contributed by atoms with Crippen LogP contribution in [0.1, 0.15) is 18.7 Å². The highest BCUT2D eigenvalue weighted by Gasteiger charge is 2.12. The molecule has 21 heavy (non-hydrogen) atoms. The minimum absolute atomic E-state index is 0.103. The van der Waals surface area contributed by atoms with Crippen LogP contribution in [0.4, 0.5) is 10.1 Å². The van der Waals surface area contributed by atoms with E-state index in [-0.39, 0.29) is 11.9 Å². The molecule has 2 nitrogen and oxygen atoms in total. The lowest BCUT2D eigenvalue weighted by molar-refractivity contribution is 0.526. The van der Waals surface area contributed by atoms with Gasteiger partial charge in [-0.1, -0.05) is 27.5 Å². The summed E-state index contributed by atoms with van der Waals surface area (Å²) in [5.74, 6) is 0.411. The minimum atomic E-state index is -0.370. The Balaban J connectivity index is 1.87. The van der Waals surface area contributed by atoms with E-state index in [4.69, 9.17) is 16.0 Å². The second kappa shape index (κ2) is 5.70. The summed E-state index contributed by atoms with van der Waals surface area (Å²) in [6.07, 6.45) is 0. The van der Waals surface area contributed by atoms with E-state index in [1.807, 2.05) is 31.2 Å². The molecule has 5 heteroatoms. The van der Waals surface area contributed by atoms with E-state index < -0.39 is 0 Å². The summed E-state index contributed by atoms with van der Waals surface area (Å²) >= 11 is 9.29. The summed E-state index contributed by atoms with van der Waals surface area (Å²) in [5.41, 5.74) is 1.44. The molecule has 0 saturated heterocycles. The third-order valence-electron chi connectivity index (χ3n) is 3.17. The number of hydrogen-bond donors (Lipinski definition) is 1. The number of anilines is 1. The Kier molecular flexibility index (Phi) is 3.91. The molecule has 1 atom stereocenters. The van der Waals surface area contributed by atoms with Crippen molar-refractivity contribution >= 4 is 44.2 Å². The van der Waals surface area contributed by atoms with Crippen LogP contribution >= 0.6 is 27.5 Å². The lowest BCUT2D eigenvalue weighted by Gasteiger charge is -2.13. The zero-order valence-corrected chi connectivity index (χ0v) is 13.5. The zero-order chi connectivity index (χ0) is 15.0. The molecule has 3 aromatic rings. The molecule has 108 valence electrons. The molecule has 1 heterocycles. The molecule has 1 aromatic heterocycles. The Morgan fingerprint density at radius 1 is 1.19 bits per heavy atom. The molecule has 3 rings (SSSR count). The van der Waals surface area contributed by atoms with Crippen molar-refractivity contribution in [1.29, 1.82) is 0 Å². The maximum absolute atomic E-state index is 13.3. The van der Waals surface area contributed by atoms with E-state index in [1.165, 1.54) is 12.1 Å². The number of hydrogen-bond acceptors (Lipinski definition) is 2. The summed E-state index contributed by atoms with van der Waals surface area (Å²) < 4.78 is 20.1. The molecule has 0 radical (unpaired) electrons. The maximum atomic E-state index is 13.3. The van der Waals surface area contributed by atoms with Crippen LogP contribution in [0.25, 0.3) is 11.0 Å². The van der Waals surface area contributed by atoms with Crippen LogP contribution in [0.15, 0.2) is 51.4 Å². The first kappa shape index (κ1) is 14.4. The van der Waals surface area contributed by atoms with Crippen molar-refractivity contribution in [3.63, 3.8) is 0 Å². The molecule has 0 bridgehead atoms. The monoisotopic (exact) mass is 367 g/mol. The van der Waals surface area contributed by atoms with Crippen molar-refractivity contribution in [1.82, 2.24) is 0 Å². The fourth-order valence-electron chi connectivity index (χ4n) is 2.21. The van der Waals surface area contributed by atoms with Crippen molar-refractivity contribution in [2.75, 3.05) is 5.32 Å². The topological polar surface area (TPSA) is 25.2 Å². The van der Waals surface area contributed by atoms with Gasteiger partial charge in [-0.15, -0.1) is 0 Å². The Hall–Kier alpha value is -1.52. The van der Waals surface area contributed by atoms with E-state index >= 15 is 0 Å². The number of rotatable bonds is 3. The molecule has 0 aliphatic rings. The summed E-state index contributed by atoms with van der Waals surface area (Å²) in [7, 11) is 0. The van der Waals surface area contributed by atoms with Crippen molar-refractivity contribution in [3.8, 4) is 0 Å². The summed E-state index contributed by atoms with van der Waals surface area (Å²) in [6, 6.07) is 12.1. The van der Waals surface area contributed by atoms with E-state index in [2.05, 4.69) is 21.2 Å². The first-order chi connectivity index (χ1) is 10.0. The first-order valence-corrected chi connectivity index (χ1v) is 7.60. The van der Waals surface area contributed by atoms with Crippen LogP contribution in [0.3, 0.4) is 0 Å². The molecule has 1 unspecified atom stereocenters. The molecule has 0 fully saturated rings. The van der Waals surface area contributed by atoms with Crippen LogP contribution in [0, 0.1) is 5.82 Å². The van der Waals surface area contributed by atoms with Gasteiger partial charge in [-0.3, -0.25) is 0 Å². The average Bonchev–Trinajstić information content (AvgIpc) is 2.80. The molecule has 0 amide bonds. The van der Waals surface area contributed by atoms with Crippen molar-refractivity contribution in [2.45, 2.75) is 13.0 Å². The fourth-order valence-corrected chi connectivity index (χ4v) is 2.81. The SMILES string of the molecule is CC(Nc1cc(F)cc(Cl)c1)c1cc2cc(Br)ccc2o1. The van der Waals surface area contributed by atoms with E-state index in [0.29, 0.717) is 10.7 Å². The van der Waals surface area contributed by atoms with E-state index in [0.717, 1.165) is 21.2 Å². The fraction of sp³-hybridized carbons (Fsp3) is 0.125. The third-order valence-corrected chi connectivity index (χ3v) is 3.88. The second-order valence-electron chi connectivity index (χ2n) is 4.86. The largest absolute Gasteiger partial charge is 0.459 e. The van der Waals surface area contributed by atoms with Gasteiger partial charge in [-0.2, -0.15) is 0 Å². The second-order valence-corrected chi connectivity index (χ2v) is 6.21. The van der Waals surface area contributed by atoms with Crippen molar-refractivity contribution in [2.24, 2.45) is 0 Å². The molecule has 0 aliphatic carbocycles. The molecule has 0 aliphatic heterocycles. The third kappa shape index (κ3) is 3.22. The highest BCUT2D eigenvalue weighted by atomic mass is 79.9. The van der Waals surface area contributed by atoms with Crippen LogP contribution in [0.5, 0.6) is 0 Å². The highest BCUT2D eigenvalue weighted by molar-refractivity contribution is 9.10. The number of fused-ring (bicyclic) bond motifs is 1. The lowest BCUT2D eigenvalue weighted by Crippen LogP contribution is -2.05. The van der Waals surface area contributed by atoms with Crippen LogP contribution in [0.2, 0.25) is 5.02 Å². The van der Waals surface area contributed by atoms with E-state index in [9.17, 15) is 4.39 Å². The van der Waals surface area contributed by atoms with Gasteiger partial charge >= 0.3 is 0 Å². The quantitative estimate of drug-likeness (QED) is 0.599. The average molecular weight is 369 g/mol. The number of nitrogens with one attached hydrogen (secondary N) is 1. The standard InChI is InChI=1S/C16H12BrClFNO/c1-9(20-14-7-12(18)6-13(19)8-14)16-5-10-4-11(17)2-3-15(10)21-16/h2-9,20H,1H3. The number of furan rings is 1. The Morgan fingerprint density at radius 2 is 2.00 bits per heavy atom. The molecule has 0 saturated carbocycles. The summed E-state index contributed by atoms with van der Waals surface area (Å²) in [5, 5.41) is 4.56. The van der Waals surface area contributed by atoms with Crippen LogP contribution in [-0.4, -0.2) is 0 Å². The first-order valence-electron chi connectivity index (χ1n) is 6.43. The van der Waals surface area contributed by atoms with Crippen LogP contribution < -0.4 is 5.32 Å². The molecular weight excluding hydrogens is 357 g/mol. The minimum Gasteiger partial charge on any atom is -0.459 e. The van der Waals surface area contributed by atoms with Crippen molar-refractivity contribution < 1.29 is 8.81 Å². The van der Waals surface area contributed by atoms with Gasteiger partial charge in [0.15, 0.2) is 0 Å². The van der Waals surface area contributed by atoms with Gasteiger partial charge in [0, 0.05) is 20.6 Å². The van der Waals surface area contributed by atoms with Gasteiger partial charge in [0.05, 0.1) is 6.04 Å². The Labute approximate surface area is 135 Å². The predicted octanol–water partition coefficient (Wildman–Crippen LogP) is 6.16. The molecule has 2 aromatic carbocycles.